The highest BCUT2D eigenvalue weighted by molar-refractivity contribution is 5.52. The molecule has 0 bridgehead atoms. The molecule has 1 aliphatic rings. The van der Waals surface area contributed by atoms with Gasteiger partial charge in [-0.15, -0.1) is 0 Å². The number of nitrogens with zero attached hydrogens (tertiary/aromatic N) is 2. The summed E-state index contributed by atoms with van der Waals surface area (Å²) >= 11 is 0. The number of likely N-dealkylation sites (tertiary alicyclic amines) is 1. The standard InChI is InChI=1S/C16H29N4O/c1-20(7-2-3-8-20)9-5-11-21-10-4-6-16-15(18)12-14(17)13-19-16/h12-13H,2-11,17-18H2,1H3/q+1. The van der Waals surface area contributed by atoms with Crippen LogP contribution in [-0.2, 0) is 11.2 Å². The molecule has 0 spiro atoms. The Morgan fingerprint density at radius 1 is 1.19 bits per heavy atom. The molecule has 1 aromatic rings. The molecule has 0 aromatic carbocycles. The number of pyridine rings is 1. The topological polar surface area (TPSA) is 74.2 Å². The van der Waals surface area contributed by atoms with Crippen LogP contribution in [0.5, 0.6) is 0 Å². The normalized spacial score (nSPS) is 17.2. The maximum atomic E-state index is 5.88. The van der Waals surface area contributed by atoms with Crippen molar-refractivity contribution in [2.24, 2.45) is 0 Å². The summed E-state index contributed by atoms with van der Waals surface area (Å²) in [7, 11) is 2.36. The van der Waals surface area contributed by atoms with Crippen LogP contribution in [0.2, 0.25) is 0 Å². The van der Waals surface area contributed by atoms with Crippen molar-refractivity contribution in [3.63, 3.8) is 0 Å². The predicted molar refractivity (Wildman–Crippen MR) is 86.8 cm³/mol. The van der Waals surface area contributed by atoms with Crippen molar-refractivity contribution < 1.29 is 9.22 Å². The van der Waals surface area contributed by atoms with Crippen LogP contribution < -0.4 is 11.5 Å². The first kappa shape index (κ1) is 16.0. The second-order valence-electron chi connectivity index (χ2n) is 6.37. The zero-order valence-electron chi connectivity index (χ0n) is 13.2. The van der Waals surface area contributed by atoms with E-state index in [1.807, 2.05) is 0 Å². The van der Waals surface area contributed by atoms with E-state index in [2.05, 4.69) is 12.0 Å². The van der Waals surface area contributed by atoms with Gasteiger partial charge in [0.1, 0.15) is 0 Å². The van der Waals surface area contributed by atoms with Gasteiger partial charge in [-0.05, 0) is 18.9 Å². The Kier molecular flexibility index (Phi) is 5.82. The lowest BCUT2D eigenvalue weighted by Gasteiger charge is -2.29. The summed E-state index contributed by atoms with van der Waals surface area (Å²) in [5.74, 6) is 0. The Morgan fingerprint density at radius 3 is 2.62 bits per heavy atom. The highest BCUT2D eigenvalue weighted by Gasteiger charge is 2.25. The zero-order valence-corrected chi connectivity index (χ0v) is 13.2. The van der Waals surface area contributed by atoms with Gasteiger partial charge in [-0.25, -0.2) is 0 Å². The summed E-state index contributed by atoms with van der Waals surface area (Å²) in [5.41, 5.74) is 13.7. The zero-order chi connectivity index (χ0) is 15.1. The fraction of sp³-hybridized carbons (Fsp3) is 0.688. The largest absolute Gasteiger partial charge is 0.397 e. The van der Waals surface area contributed by atoms with Crippen LogP contribution >= 0.6 is 0 Å². The van der Waals surface area contributed by atoms with Crippen LogP contribution in [0, 0.1) is 0 Å². The highest BCUT2D eigenvalue weighted by Crippen LogP contribution is 2.17. The molecule has 0 aliphatic carbocycles. The average Bonchev–Trinajstić information content (AvgIpc) is 2.87. The van der Waals surface area contributed by atoms with E-state index in [9.17, 15) is 0 Å². The summed E-state index contributed by atoms with van der Waals surface area (Å²) in [6, 6.07) is 1.77. The van der Waals surface area contributed by atoms with E-state index in [0.29, 0.717) is 11.4 Å². The average molecular weight is 293 g/mol. The van der Waals surface area contributed by atoms with Crippen molar-refractivity contribution in [3.05, 3.63) is 18.0 Å². The third-order valence-corrected chi connectivity index (χ3v) is 4.36. The molecular formula is C16H29N4O+. The van der Waals surface area contributed by atoms with Crippen LogP contribution in [0.25, 0.3) is 0 Å². The van der Waals surface area contributed by atoms with Gasteiger partial charge < -0.3 is 20.7 Å². The Labute approximate surface area is 127 Å². The van der Waals surface area contributed by atoms with Crippen LogP contribution in [0.4, 0.5) is 11.4 Å². The third-order valence-electron chi connectivity index (χ3n) is 4.36. The number of aromatic nitrogens is 1. The van der Waals surface area contributed by atoms with Crippen LogP contribution in [0.15, 0.2) is 12.3 Å². The maximum Gasteiger partial charge on any atom is 0.0806 e. The predicted octanol–water partition coefficient (Wildman–Crippen LogP) is 1.83. The molecule has 2 rings (SSSR count). The monoisotopic (exact) mass is 293 g/mol. The number of hydrogen-bond donors (Lipinski definition) is 2. The Morgan fingerprint density at radius 2 is 1.90 bits per heavy atom. The fourth-order valence-corrected chi connectivity index (χ4v) is 3.05. The van der Waals surface area contributed by atoms with Gasteiger partial charge in [0.15, 0.2) is 0 Å². The summed E-state index contributed by atoms with van der Waals surface area (Å²) in [5, 5.41) is 0. The maximum absolute atomic E-state index is 5.88. The molecule has 1 aliphatic heterocycles. The number of rotatable bonds is 8. The van der Waals surface area contributed by atoms with E-state index >= 15 is 0 Å². The molecule has 21 heavy (non-hydrogen) atoms. The molecule has 2 heterocycles. The quantitative estimate of drug-likeness (QED) is 0.566. The minimum atomic E-state index is 0.617. The second-order valence-corrected chi connectivity index (χ2v) is 6.37. The van der Waals surface area contributed by atoms with E-state index in [1.54, 1.807) is 12.3 Å². The molecule has 0 atom stereocenters. The summed E-state index contributed by atoms with van der Waals surface area (Å²) in [6.45, 7) is 5.55. The van der Waals surface area contributed by atoms with Crippen molar-refractivity contribution in [1.29, 1.82) is 0 Å². The number of quaternary nitrogens is 1. The van der Waals surface area contributed by atoms with Gasteiger partial charge in [-0.1, -0.05) is 0 Å². The van der Waals surface area contributed by atoms with Gasteiger partial charge in [0.05, 0.1) is 56.6 Å². The molecular weight excluding hydrogens is 264 g/mol. The number of nitrogens with two attached hydrogens (primary N) is 2. The van der Waals surface area contributed by atoms with E-state index in [4.69, 9.17) is 16.2 Å². The van der Waals surface area contributed by atoms with Crippen molar-refractivity contribution >= 4 is 11.4 Å². The van der Waals surface area contributed by atoms with Crippen LogP contribution in [-0.4, -0.2) is 49.4 Å². The Hall–Kier alpha value is -1.33. The fourth-order valence-electron chi connectivity index (χ4n) is 3.05. The summed E-state index contributed by atoms with van der Waals surface area (Å²) in [4.78, 5) is 4.27. The van der Waals surface area contributed by atoms with Crippen molar-refractivity contribution in [2.45, 2.75) is 32.1 Å². The lowest BCUT2D eigenvalue weighted by molar-refractivity contribution is -0.897. The Bertz CT molecular complexity index is 444. The second kappa shape index (κ2) is 7.61. The number of anilines is 2. The third kappa shape index (κ3) is 5.17. The van der Waals surface area contributed by atoms with Crippen LogP contribution in [0.3, 0.4) is 0 Å². The van der Waals surface area contributed by atoms with Crippen molar-refractivity contribution in [2.75, 3.05) is 51.4 Å². The van der Waals surface area contributed by atoms with Gasteiger partial charge in [0, 0.05) is 25.9 Å². The van der Waals surface area contributed by atoms with Gasteiger partial charge >= 0.3 is 0 Å². The first-order valence-electron chi connectivity index (χ1n) is 8.00. The van der Waals surface area contributed by atoms with Gasteiger partial charge in [0.2, 0.25) is 0 Å². The first-order valence-corrected chi connectivity index (χ1v) is 8.00. The molecule has 0 amide bonds. The molecule has 1 fully saturated rings. The summed E-state index contributed by atoms with van der Waals surface area (Å²) < 4.78 is 6.95. The smallest absolute Gasteiger partial charge is 0.0806 e. The molecule has 0 radical (unpaired) electrons. The van der Waals surface area contributed by atoms with Crippen molar-refractivity contribution in [3.8, 4) is 0 Å². The lowest BCUT2D eigenvalue weighted by atomic mass is 10.2. The molecule has 1 aromatic heterocycles. The molecule has 1 saturated heterocycles. The SMILES string of the molecule is C[N+]1(CCCOCCCc2ncc(N)cc2N)CCCC1. The molecule has 5 nitrogen and oxygen atoms in total. The minimum Gasteiger partial charge on any atom is -0.397 e. The summed E-state index contributed by atoms with van der Waals surface area (Å²) in [6.07, 6.45) is 7.37. The molecule has 118 valence electrons. The molecule has 0 saturated carbocycles. The number of nitrogen functional groups attached to an aromatic ring is 2. The van der Waals surface area contributed by atoms with Gasteiger partial charge in [0.25, 0.3) is 0 Å². The number of ether oxygens (including phenoxy) is 1. The van der Waals surface area contributed by atoms with Crippen molar-refractivity contribution in [1.82, 2.24) is 4.98 Å². The van der Waals surface area contributed by atoms with E-state index in [-0.39, 0.29) is 0 Å². The van der Waals surface area contributed by atoms with Gasteiger partial charge in [-0.2, -0.15) is 0 Å². The minimum absolute atomic E-state index is 0.617. The van der Waals surface area contributed by atoms with Crippen LogP contribution in [0.1, 0.15) is 31.4 Å². The first-order chi connectivity index (χ1) is 10.1. The van der Waals surface area contributed by atoms with Gasteiger partial charge in [-0.3, -0.25) is 4.98 Å². The highest BCUT2D eigenvalue weighted by atomic mass is 16.5. The Balaban J connectivity index is 1.54. The van der Waals surface area contributed by atoms with E-state index in [0.717, 1.165) is 38.2 Å². The molecule has 0 unspecified atom stereocenters. The van der Waals surface area contributed by atoms with E-state index in [1.165, 1.54) is 37.0 Å². The number of aryl methyl sites for hydroxylation is 1. The molecule has 5 heteroatoms. The van der Waals surface area contributed by atoms with E-state index < -0.39 is 0 Å². The molecule has 4 N–H and O–H groups in total. The lowest BCUT2D eigenvalue weighted by Crippen LogP contribution is -2.41. The number of hydrogen-bond acceptors (Lipinski definition) is 4.